The van der Waals surface area contributed by atoms with E-state index in [-0.39, 0.29) is 53.3 Å². The average molecular weight is 1260 g/mol. The number of carbonyl (C=O) groups excluding carboxylic acids is 3. The van der Waals surface area contributed by atoms with E-state index in [1.165, 1.54) is 40.1 Å². The third-order valence-corrected chi connectivity index (χ3v) is 17.7. The fourth-order valence-electron chi connectivity index (χ4n) is 7.11. The summed E-state index contributed by atoms with van der Waals surface area (Å²) in [6, 6.07) is 27.9. The van der Waals surface area contributed by atoms with Gasteiger partial charge in [-0.3, -0.25) is 9.59 Å². The number of halogens is 9. The Morgan fingerprint density at radius 1 is 0.519 bits per heavy atom. The number of thiol groups is 1. The van der Waals surface area contributed by atoms with Crippen LogP contribution < -0.4 is 9.44 Å². The normalized spacial score (nSPS) is 10.4. The van der Waals surface area contributed by atoms with Crippen molar-refractivity contribution >= 4 is 87.5 Å². The van der Waals surface area contributed by atoms with Gasteiger partial charge in [-0.1, -0.05) is 18.2 Å². The monoisotopic (exact) mass is 1260 g/mol. The molecule has 0 aliphatic heterocycles. The van der Waals surface area contributed by atoms with Crippen molar-refractivity contribution in [2.75, 3.05) is 5.73 Å². The first-order chi connectivity index (χ1) is 36.2. The maximum absolute atomic E-state index is 13.6. The molecule has 0 spiro atoms. The number of benzene rings is 4. The van der Waals surface area contributed by atoms with Crippen LogP contribution in [0.15, 0.2) is 143 Å². The van der Waals surface area contributed by atoms with Crippen molar-refractivity contribution < 1.29 is 59.4 Å². The van der Waals surface area contributed by atoms with E-state index in [1.54, 1.807) is 89.7 Å². The summed E-state index contributed by atoms with van der Waals surface area (Å²) < 4.78 is 117. The summed E-state index contributed by atoms with van der Waals surface area (Å²) in [4.78, 5) is 53.2. The molecule has 3 N–H and O–H groups in total. The van der Waals surface area contributed by atoms with Crippen LogP contribution in [-0.2, 0) is 47.5 Å². The van der Waals surface area contributed by atoms with Crippen LogP contribution in [0.1, 0.15) is 58.6 Å². The Morgan fingerprint density at radius 3 is 1.09 bits per heavy atom. The topological polar surface area (TPSA) is 147 Å². The SMILES string of the molecule is Cn1c(Br)ccc1C(=O)Cc1c(F)cccc1F.Cn1c(C(=O)Cc2c(F)cccc2F)cc[c]1[Sn]([CH3])([CH3])[CH3].Cn1cccc1C(=O)Cc1c(F)cccc1F.Cn1cccc1C(=O)O.Nc1c(F)cccc1F.[B]=NS. The third kappa shape index (κ3) is 18.7. The van der Waals surface area contributed by atoms with Crippen LogP contribution in [0.4, 0.5) is 40.8 Å². The zero-order valence-electron chi connectivity index (χ0n) is 42.6. The molecule has 0 unspecified atom stereocenters. The van der Waals surface area contributed by atoms with E-state index in [1.807, 2.05) is 17.7 Å². The van der Waals surface area contributed by atoms with Crippen molar-refractivity contribution in [1.29, 1.82) is 0 Å². The molecule has 0 amide bonds. The Balaban J connectivity index is 0.000000258. The molecule has 4 aromatic heterocycles. The first kappa shape index (κ1) is 64.5. The zero-order valence-corrected chi connectivity index (χ0v) is 48.0. The number of aromatic carboxylic acids is 1. The number of hydrogen-bond donors (Lipinski definition) is 3. The van der Waals surface area contributed by atoms with E-state index in [0.717, 1.165) is 41.0 Å². The standard InChI is InChI=1S/C13H10BrF2NO.C13H11F2NO.C13H10F2NO.C6H5F2N.C6H7NO2.3CH3.BHNS.Sn/c1-17-11(5-6-13(17)14)12(18)7-8-9(15)3-2-4-10(8)16;2*1-16-7-3-6-12(16)13(17)8-9-10(14)4-2-5-11(9)15;7-4-2-1-3-5(8)6(4)9;1-7-4-2-3-5(7)6(8)9;;;;1-2-3;/h2-6H,7H2,1H3;2-7H,8H2,1H3;2-6H,8H2,1H3;1-3H,9H2;2-4H,1H3,(H,8,9);3*1H3;3H;. The molecule has 11 nitrogen and oxygen atoms in total. The van der Waals surface area contributed by atoms with E-state index in [0.29, 0.717) is 22.8 Å². The quantitative estimate of drug-likeness (QED) is 0.0386. The van der Waals surface area contributed by atoms with E-state index in [2.05, 4.69) is 55.5 Å². The minimum atomic E-state index is -2.30. The number of para-hydroxylation sites is 1. The molecule has 0 aliphatic rings. The summed E-state index contributed by atoms with van der Waals surface area (Å²) in [6.45, 7) is 0. The summed E-state index contributed by atoms with van der Waals surface area (Å²) in [6.07, 6.45) is 2.60. The van der Waals surface area contributed by atoms with Crippen molar-refractivity contribution in [3.63, 3.8) is 0 Å². The number of Topliss-reactive ketones (excluding diaryl/α,β-unsaturated/α-hetero) is 3. The van der Waals surface area contributed by atoms with Crippen molar-refractivity contribution in [2.24, 2.45) is 32.5 Å². The van der Waals surface area contributed by atoms with E-state index in [9.17, 15) is 54.3 Å². The van der Waals surface area contributed by atoms with Gasteiger partial charge in [0.2, 0.25) is 0 Å². The van der Waals surface area contributed by atoms with Gasteiger partial charge in [-0.05, 0) is 88.7 Å². The molecule has 8 rings (SSSR count). The van der Waals surface area contributed by atoms with Crippen molar-refractivity contribution in [3.05, 3.63) is 224 Å². The first-order valence-corrected chi connectivity index (χ1v) is 33.9. The third-order valence-electron chi connectivity index (χ3n) is 11.1. The molecule has 4 aromatic carbocycles. The molecular formula is C54H53BBrF8N6O5SSn. The first-order valence-electron chi connectivity index (χ1n) is 22.7. The Morgan fingerprint density at radius 2 is 0.831 bits per heavy atom. The van der Waals surface area contributed by atoms with Gasteiger partial charge in [-0.15, -0.1) is 0 Å². The molecule has 77 heavy (non-hydrogen) atoms. The number of aromatic nitrogens is 4. The fourth-order valence-corrected chi connectivity index (χ4v) is 12.3. The van der Waals surface area contributed by atoms with Crippen LogP contribution in [0.5, 0.6) is 0 Å². The number of ketones is 3. The molecule has 23 heteroatoms. The molecule has 0 saturated heterocycles. The predicted octanol–water partition coefficient (Wildman–Crippen LogP) is 11.9. The van der Waals surface area contributed by atoms with Crippen LogP contribution in [0.2, 0.25) is 14.8 Å². The molecule has 0 saturated carbocycles. The van der Waals surface area contributed by atoms with Gasteiger partial charge in [0.25, 0.3) is 0 Å². The van der Waals surface area contributed by atoms with Crippen molar-refractivity contribution in [3.8, 4) is 0 Å². The van der Waals surface area contributed by atoms with Crippen LogP contribution in [0, 0.1) is 46.5 Å². The summed E-state index contributed by atoms with van der Waals surface area (Å²) >= 11 is 4.15. The van der Waals surface area contributed by atoms with Crippen molar-refractivity contribution in [1.82, 2.24) is 18.3 Å². The van der Waals surface area contributed by atoms with Gasteiger partial charge in [0.15, 0.2) is 11.6 Å². The second-order valence-electron chi connectivity index (χ2n) is 17.5. The number of carboxylic acids is 1. The number of nitrogens with two attached hydrogens (primary N) is 1. The molecule has 4 heterocycles. The Labute approximate surface area is 459 Å². The van der Waals surface area contributed by atoms with E-state index in [4.69, 9.17) is 10.8 Å². The predicted molar refractivity (Wildman–Crippen MR) is 290 cm³/mol. The number of hydrogen-bond acceptors (Lipinski definition) is 7. The van der Waals surface area contributed by atoms with Crippen LogP contribution >= 0.6 is 28.7 Å². The van der Waals surface area contributed by atoms with Gasteiger partial charge in [0.05, 0.1) is 16.0 Å². The van der Waals surface area contributed by atoms with E-state index < -0.39 is 76.6 Å². The molecule has 8 aromatic rings. The van der Waals surface area contributed by atoms with Gasteiger partial charge in [-0.2, -0.15) is 0 Å². The zero-order chi connectivity index (χ0) is 57.9. The van der Waals surface area contributed by atoms with Crippen LogP contribution in [0.3, 0.4) is 0 Å². The molecule has 0 atom stereocenters. The van der Waals surface area contributed by atoms with Gasteiger partial charge >= 0.3 is 158 Å². The number of nitrogen functional groups attached to an aromatic ring is 1. The number of anilines is 1. The van der Waals surface area contributed by atoms with Crippen LogP contribution in [-0.4, -0.2) is 72.7 Å². The van der Waals surface area contributed by atoms with Gasteiger partial charge in [0, 0.05) is 57.5 Å². The molecule has 405 valence electrons. The Kier molecular flexibility index (Phi) is 25.3. The van der Waals surface area contributed by atoms with E-state index >= 15 is 0 Å². The molecular weight excluding hydrogens is 1210 g/mol. The second-order valence-corrected chi connectivity index (χ2v) is 32.8. The summed E-state index contributed by atoms with van der Waals surface area (Å²) in [5.74, 6) is -7.32. The summed E-state index contributed by atoms with van der Waals surface area (Å²) in [5, 5.41) is 8.43. The summed E-state index contributed by atoms with van der Waals surface area (Å²) in [5.41, 5.74) is 5.65. The molecule has 1 radical (unpaired) electrons. The number of carbonyl (C=O) groups is 4. The van der Waals surface area contributed by atoms with Crippen molar-refractivity contribution in [2.45, 2.75) is 34.1 Å². The molecule has 0 bridgehead atoms. The average Bonchev–Trinajstić information content (AvgIpc) is 4.17. The van der Waals surface area contributed by atoms with Gasteiger partial charge in [0.1, 0.15) is 46.3 Å². The minimum absolute atomic E-state index is 0.162. The number of rotatable bonds is 11. The molecule has 0 fully saturated rings. The van der Waals surface area contributed by atoms with Gasteiger partial charge < -0.3 is 24.5 Å². The number of carboxylic acid groups (broad SMARTS) is 1. The number of nitrogens with zero attached hydrogens (tertiary/aromatic N) is 5. The molecule has 0 aliphatic carbocycles. The fraction of sp³-hybridized carbons (Fsp3) is 0.185. The van der Waals surface area contributed by atoms with Gasteiger partial charge in [-0.25, -0.2) is 31.1 Å². The Bertz CT molecular complexity index is 3260. The Hall–Kier alpha value is -6.79. The summed E-state index contributed by atoms with van der Waals surface area (Å²) in [7, 11) is 11.3. The van der Waals surface area contributed by atoms with Crippen LogP contribution in [0.25, 0.3) is 0 Å². The second kappa shape index (κ2) is 30.2. The number of aryl methyl sites for hydroxylation is 2. The maximum atomic E-state index is 13.6.